The zero-order valence-electron chi connectivity index (χ0n) is 20.8. The molecule has 5 rings (SSSR count). The molecule has 5 nitrogen and oxygen atoms in total. The van der Waals surface area contributed by atoms with Gasteiger partial charge in [0.1, 0.15) is 5.75 Å². The van der Waals surface area contributed by atoms with Gasteiger partial charge in [-0.2, -0.15) is 0 Å². The average molecular weight is 466 g/mol. The first kappa shape index (κ1) is 22.9. The Morgan fingerprint density at radius 2 is 1.60 bits per heavy atom. The average Bonchev–Trinajstić information content (AvgIpc) is 2.89. The van der Waals surface area contributed by atoms with Gasteiger partial charge in [0.05, 0.1) is 29.6 Å². The topological polar surface area (TPSA) is 45.7 Å². The van der Waals surface area contributed by atoms with Gasteiger partial charge >= 0.3 is 0 Å². The first-order valence-corrected chi connectivity index (χ1v) is 12.1. The van der Waals surface area contributed by atoms with Gasteiger partial charge in [0.25, 0.3) is 5.91 Å². The number of ether oxygens (including phenoxy) is 1. The molecule has 2 heterocycles. The van der Waals surface area contributed by atoms with E-state index in [9.17, 15) is 4.79 Å². The highest BCUT2D eigenvalue weighted by atomic mass is 16.5. The lowest BCUT2D eigenvalue weighted by molar-refractivity contribution is 0.0748. The van der Waals surface area contributed by atoms with Crippen molar-refractivity contribution in [1.82, 2.24) is 9.88 Å². The second-order valence-electron chi connectivity index (χ2n) is 9.25. The Hall–Kier alpha value is -3.86. The molecule has 0 radical (unpaired) electrons. The molecule has 0 saturated carbocycles. The van der Waals surface area contributed by atoms with Gasteiger partial charge in [-0.1, -0.05) is 48.0 Å². The fourth-order valence-electron chi connectivity index (χ4n) is 5.04. The molecule has 1 aliphatic rings. The van der Waals surface area contributed by atoms with Gasteiger partial charge in [0, 0.05) is 37.1 Å². The number of hydrogen-bond donors (Lipinski definition) is 0. The van der Waals surface area contributed by atoms with Crippen molar-refractivity contribution >= 4 is 22.5 Å². The van der Waals surface area contributed by atoms with Crippen LogP contribution in [0.5, 0.6) is 5.75 Å². The van der Waals surface area contributed by atoms with Gasteiger partial charge < -0.3 is 14.5 Å². The summed E-state index contributed by atoms with van der Waals surface area (Å²) in [4.78, 5) is 23.3. The highest BCUT2D eigenvalue weighted by Gasteiger charge is 2.27. The molecule has 1 saturated heterocycles. The van der Waals surface area contributed by atoms with Crippen LogP contribution in [0.25, 0.3) is 22.2 Å². The van der Waals surface area contributed by atoms with Crippen molar-refractivity contribution in [1.29, 1.82) is 0 Å². The smallest absolute Gasteiger partial charge is 0.255 e. The summed E-state index contributed by atoms with van der Waals surface area (Å²) in [6.45, 7) is 9.07. The molecule has 0 N–H and O–H groups in total. The van der Waals surface area contributed by atoms with E-state index in [1.54, 1.807) is 7.11 Å². The molecular formula is C30H31N3O2. The Balaban J connectivity index is 1.51. The van der Waals surface area contributed by atoms with Crippen LogP contribution >= 0.6 is 0 Å². The molecule has 3 aromatic carbocycles. The van der Waals surface area contributed by atoms with E-state index in [4.69, 9.17) is 9.72 Å². The molecular weight excluding hydrogens is 434 g/mol. The summed E-state index contributed by atoms with van der Waals surface area (Å²) in [5.74, 6) is 0.939. The Kier molecular flexibility index (Phi) is 6.16. The first-order valence-electron chi connectivity index (χ1n) is 12.1. The van der Waals surface area contributed by atoms with Gasteiger partial charge in [0.2, 0.25) is 0 Å². The Morgan fingerprint density at radius 3 is 2.37 bits per heavy atom. The van der Waals surface area contributed by atoms with E-state index in [0.717, 1.165) is 63.4 Å². The van der Waals surface area contributed by atoms with Crippen LogP contribution in [0, 0.1) is 20.8 Å². The lowest BCUT2D eigenvalue weighted by Gasteiger charge is -2.37. The van der Waals surface area contributed by atoms with E-state index in [2.05, 4.69) is 43.0 Å². The summed E-state index contributed by atoms with van der Waals surface area (Å²) < 4.78 is 5.55. The highest BCUT2D eigenvalue weighted by molar-refractivity contribution is 6.09. The fourth-order valence-corrected chi connectivity index (χ4v) is 5.04. The third kappa shape index (κ3) is 4.23. The summed E-state index contributed by atoms with van der Waals surface area (Å²) in [7, 11) is 1.70. The third-order valence-corrected chi connectivity index (χ3v) is 6.99. The van der Waals surface area contributed by atoms with Crippen molar-refractivity contribution in [3.63, 3.8) is 0 Å². The number of nitrogens with zero attached hydrogens (tertiary/aromatic N) is 3. The van der Waals surface area contributed by atoms with Crippen molar-refractivity contribution in [2.75, 3.05) is 38.2 Å². The quantitative estimate of drug-likeness (QED) is 0.382. The van der Waals surface area contributed by atoms with E-state index in [1.807, 2.05) is 54.3 Å². The maximum absolute atomic E-state index is 14.0. The number of para-hydroxylation sites is 3. The predicted octanol–water partition coefficient (Wildman–Crippen LogP) is 5.80. The van der Waals surface area contributed by atoms with Crippen LogP contribution in [-0.4, -0.2) is 49.1 Å². The van der Waals surface area contributed by atoms with Gasteiger partial charge in [-0.25, -0.2) is 4.98 Å². The number of benzene rings is 3. The molecule has 0 unspecified atom stereocenters. The minimum atomic E-state index is 0.0762. The number of pyridine rings is 1. The van der Waals surface area contributed by atoms with Crippen LogP contribution in [-0.2, 0) is 0 Å². The summed E-state index contributed by atoms with van der Waals surface area (Å²) in [6.07, 6.45) is 0. The molecule has 4 aromatic rings. The Morgan fingerprint density at radius 1 is 0.886 bits per heavy atom. The van der Waals surface area contributed by atoms with Crippen LogP contribution in [0.4, 0.5) is 5.69 Å². The molecule has 0 atom stereocenters. The largest absolute Gasteiger partial charge is 0.495 e. The van der Waals surface area contributed by atoms with E-state index in [-0.39, 0.29) is 5.91 Å². The van der Waals surface area contributed by atoms with Crippen molar-refractivity contribution in [2.24, 2.45) is 0 Å². The molecule has 1 aromatic heterocycles. The number of methoxy groups -OCH3 is 1. The van der Waals surface area contributed by atoms with Crippen molar-refractivity contribution in [3.05, 3.63) is 89.0 Å². The lowest BCUT2D eigenvalue weighted by atomic mass is 9.94. The van der Waals surface area contributed by atoms with Crippen LogP contribution in [0.1, 0.15) is 27.0 Å². The zero-order valence-corrected chi connectivity index (χ0v) is 20.8. The standard InChI is InChI=1S/C30H31N3O2/c1-20-13-14-21(2)24(19-20)29-22(3)28(23-9-5-6-10-25(23)31-29)30(34)33-17-15-32(16-18-33)26-11-7-8-12-27(26)35-4/h5-14,19H,15-18H2,1-4H3. The molecule has 178 valence electrons. The molecule has 1 fully saturated rings. The first-order chi connectivity index (χ1) is 17.0. The second kappa shape index (κ2) is 9.41. The molecule has 0 spiro atoms. The molecule has 1 aliphatic heterocycles. The minimum Gasteiger partial charge on any atom is -0.495 e. The molecule has 35 heavy (non-hydrogen) atoms. The molecule has 5 heteroatoms. The number of rotatable bonds is 4. The van der Waals surface area contributed by atoms with Gasteiger partial charge in [-0.3, -0.25) is 4.79 Å². The minimum absolute atomic E-state index is 0.0762. The normalized spacial score (nSPS) is 13.8. The summed E-state index contributed by atoms with van der Waals surface area (Å²) >= 11 is 0. The monoisotopic (exact) mass is 465 g/mol. The second-order valence-corrected chi connectivity index (χ2v) is 9.25. The van der Waals surface area contributed by atoms with Crippen LogP contribution in [0.2, 0.25) is 0 Å². The SMILES string of the molecule is COc1ccccc1N1CCN(C(=O)c2c(C)c(-c3cc(C)ccc3C)nc3ccccc23)CC1. The fraction of sp³-hybridized carbons (Fsp3) is 0.267. The van der Waals surface area contributed by atoms with Crippen LogP contribution in [0.15, 0.2) is 66.7 Å². The lowest BCUT2D eigenvalue weighted by Crippen LogP contribution is -2.49. The zero-order chi connectivity index (χ0) is 24.5. The number of carbonyl (C=O) groups is 1. The van der Waals surface area contributed by atoms with E-state index < -0.39 is 0 Å². The van der Waals surface area contributed by atoms with Crippen molar-refractivity contribution in [2.45, 2.75) is 20.8 Å². The van der Waals surface area contributed by atoms with E-state index >= 15 is 0 Å². The van der Waals surface area contributed by atoms with E-state index in [0.29, 0.717) is 13.1 Å². The number of anilines is 1. The highest BCUT2D eigenvalue weighted by Crippen LogP contribution is 2.33. The van der Waals surface area contributed by atoms with Gasteiger partial charge in [-0.15, -0.1) is 0 Å². The van der Waals surface area contributed by atoms with Gasteiger partial charge in [-0.05, 0) is 56.2 Å². The third-order valence-electron chi connectivity index (χ3n) is 6.99. The number of hydrogen-bond acceptors (Lipinski definition) is 4. The number of amides is 1. The number of fused-ring (bicyclic) bond motifs is 1. The van der Waals surface area contributed by atoms with E-state index in [1.165, 1.54) is 5.56 Å². The Labute approximate surface area is 207 Å². The maximum Gasteiger partial charge on any atom is 0.255 e. The van der Waals surface area contributed by atoms with Crippen LogP contribution in [0.3, 0.4) is 0 Å². The van der Waals surface area contributed by atoms with Crippen molar-refractivity contribution < 1.29 is 9.53 Å². The van der Waals surface area contributed by atoms with Gasteiger partial charge in [0.15, 0.2) is 0 Å². The number of aromatic nitrogens is 1. The number of piperazine rings is 1. The summed E-state index contributed by atoms with van der Waals surface area (Å²) in [6, 6.07) is 22.4. The van der Waals surface area contributed by atoms with Crippen molar-refractivity contribution in [3.8, 4) is 17.0 Å². The van der Waals surface area contributed by atoms with Crippen LogP contribution < -0.4 is 9.64 Å². The summed E-state index contributed by atoms with van der Waals surface area (Å²) in [5.41, 5.74) is 7.94. The summed E-state index contributed by atoms with van der Waals surface area (Å²) in [5, 5.41) is 0.913. The number of aryl methyl sites for hydroxylation is 2. The Bertz CT molecular complexity index is 1400. The molecule has 0 bridgehead atoms. The molecule has 0 aliphatic carbocycles. The predicted molar refractivity (Wildman–Crippen MR) is 143 cm³/mol. The maximum atomic E-state index is 14.0. The number of carbonyl (C=O) groups excluding carboxylic acids is 1. The molecule has 1 amide bonds.